The van der Waals surface area contributed by atoms with E-state index in [1.807, 2.05) is 0 Å². The summed E-state index contributed by atoms with van der Waals surface area (Å²) in [5, 5.41) is 8.69. The Bertz CT molecular complexity index is 341. The summed E-state index contributed by atoms with van der Waals surface area (Å²) >= 11 is 0. The number of nitrogens with two attached hydrogens (primary N) is 1. The summed E-state index contributed by atoms with van der Waals surface area (Å²) in [6, 6.07) is 3.97. The molecule has 14 heavy (non-hydrogen) atoms. The molecule has 0 heterocycles. The Labute approximate surface area is 80.1 Å². The van der Waals surface area contributed by atoms with Crippen molar-refractivity contribution in [1.29, 1.82) is 0 Å². The van der Waals surface area contributed by atoms with Crippen molar-refractivity contribution in [2.24, 2.45) is 5.73 Å². The van der Waals surface area contributed by atoms with Crippen molar-refractivity contribution in [2.75, 3.05) is 6.61 Å². The first kappa shape index (κ1) is 10.5. The van der Waals surface area contributed by atoms with Gasteiger partial charge in [-0.3, -0.25) is 4.79 Å². The summed E-state index contributed by atoms with van der Waals surface area (Å²) in [6.45, 7) is -0.609. The number of hydrogen-bond donors (Lipinski definition) is 2. The maximum Gasteiger partial charge on any atom is 0.255 e. The summed E-state index contributed by atoms with van der Waals surface area (Å²) in [5.41, 5.74) is 5.26. The molecular formula is C9H10FNO3. The van der Waals surface area contributed by atoms with Gasteiger partial charge in [0.05, 0.1) is 6.61 Å². The lowest BCUT2D eigenvalue weighted by Gasteiger charge is -2.05. The molecule has 1 aromatic carbocycles. The van der Waals surface area contributed by atoms with E-state index in [0.717, 1.165) is 6.07 Å². The number of aliphatic hydroxyl groups is 1. The highest BCUT2D eigenvalue weighted by molar-refractivity contribution is 5.75. The molecule has 0 aromatic heterocycles. The fourth-order valence-corrected chi connectivity index (χ4v) is 0.909. The first-order valence-corrected chi connectivity index (χ1v) is 3.94. The Morgan fingerprint density at radius 1 is 1.57 bits per heavy atom. The summed E-state index contributed by atoms with van der Waals surface area (Å²) < 4.78 is 17.9. The van der Waals surface area contributed by atoms with Crippen molar-refractivity contribution in [1.82, 2.24) is 0 Å². The van der Waals surface area contributed by atoms with E-state index in [9.17, 15) is 9.18 Å². The van der Waals surface area contributed by atoms with Gasteiger partial charge in [-0.2, -0.15) is 0 Å². The highest BCUT2D eigenvalue weighted by Gasteiger charge is 2.05. The molecule has 0 aliphatic carbocycles. The van der Waals surface area contributed by atoms with Gasteiger partial charge in [0.1, 0.15) is 0 Å². The maximum atomic E-state index is 13.1. The van der Waals surface area contributed by atoms with Crippen LogP contribution in [-0.2, 0) is 11.4 Å². The molecule has 0 unspecified atom stereocenters. The molecule has 1 rings (SSSR count). The smallest absolute Gasteiger partial charge is 0.255 e. The molecule has 0 aliphatic rings. The second kappa shape index (κ2) is 4.57. The quantitative estimate of drug-likeness (QED) is 0.726. The van der Waals surface area contributed by atoms with Crippen LogP contribution in [0.25, 0.3) is 0 Å². The number of carbonyl (C=O) groups excluding carboxylic acids is 1. The average molecular weight is 199 g/mol. The fraction of sp³-hybridized carbons (Fsp3) is 0.222. The molecule has 5 heteroatoms. The second-order valence-electron chi connectivity index (χ2n) is 2.68. The molecular weight excluding hydrogens is 189 g/mol. The Morgan fingerprint density at radius 2 is 2.29 bits per heavy atom. The van der Waals surface area contributed by atoms with Crippen molar-refractivity contribution in [3.05, 3.63) is 29.6 Å². The van der Waals surface area contributed by atoms with E-state index in [1.54, 1.807) is 0 Å². The van der Waals surface area contributed by atoms with Gasteiger partial charge in [-0.25, -0.2) is 4.39 Å². The zero-order valence-electron chi connectivity index (χ0n) is 7.37. The predicted octanol–water partition coefficient (Wildman–Crippen LogP) is 0.182. The van der Waals surface area contributed by atoms with E-state index >= 15 is 0 Å². The van der Waals surface area contributed by atoms with Crippen LogP contribution in [0.5, 0.6) is 5.75 Å². The molecule has 3 N–H and O–H groups in total. The van der Waals surface area contributed by atoms with E-state index in [2.05, 4.69) is 0 Å². The maximum absolute atomic E-state index is 13.1. The van der Waals surface area contributed by atoms with Crippen LogP contribution in [0, 0.1) is 5.82 Å². The topological polar surface area (TPSA) is 72.6 Å². The third-order valence-electron chi connectivity index (χ3n) is 1.55. The molecule has 0 bridgehead atoms. The molecule has 0 saturated carbocycles. The van der Waals surface area contributed by atoms with Crippen LogP contribution < -0.4 is 10.5 Å². The van der Waals surface area contributed by atoms with E-state index in [4.69, 9.17) is 15.6 Å². The van der Waals surface area contributed by atoms with E-state index < -0.39 is 11.7 Å². The minimum absolute atomic E-state index is 0.0546. The third-order valence-corrected chi connectivity index (χ3v) is 1.55. The van der Waals surface area contributed by atoms with Crippen molar-refractivity contribution < 1.29 is 19.0 Å². The van der Waals surface area contributed by atoms with Gasteiger partial charge in [-0.1, -0.05) is 6.07 Å². The Hall–Kier alpha value is -1.62. The van der Waals surface area contributed by atoms with Gasteiger partial charge in [-0.05, 0) is 17.7 Å². The molecule has 76 valence electrons. The predicted molar refractivity (Wildman–Crippen MR) is 47.0 cm³/mol. The molecule has 4 nitrogen and oxygen atoms in total. The lowest BCUT2D eigenvalue weighted by atomic mass is 10.2. The number of primary amides is 1. The number of rotatable bonds is 4. The number of halogens is 1. The minimum Gasteiger partial charge on any atom is -0.481 e. The second-order valence-corrected chi connectivity index (χ2v) is 2.68. The van der Waals surface area contributed by atoms with Crippen LogP contribution in [0.2, 0.25) is 0 Å². The van der Waals surface area contributed by atoms with Gasteiger partial charge in [0, 0.05) is 0 Å². The normalized spacial score (nSPS) is 9.86. The minimum atomic E-state index is -0.671. The van der Waals surface area contributed by atoms with Gasteiger partial charge < -0.3 is 15.6 Å². The molecule has 0 radical (unpaired) electrons. The van der Waals surface area contributed by atoms with Gasteiger partial charge in [0.15, 0.2) is 18.2 Å². The summed E-state index contributed by atoms with van der Waals surface area (Å²) in [4.78, 5) is 10.3. The summed E-state index contributed by atoms with van der Waals surface area (Å²) in [5.74, 6) is -1.35. The monoisotopic (exact) mass is 199 g/mol. The van der Waals surface area contributed by atoms with Crippen molar-refractivity contribution in [2.45, 2.75) is 6.61 Å². The first-order chi connectivity index (χ1) is 6.63. The number of aliphatic hydroxyl groups excluding tert-OH is 1. The Morgan fingerprint density at radius 3 is 2.79 bits per heavy atom. The third kappa shape index (κ3) is 2.70. The van der Waals surface area contributed by atoms with Gasteiger partial charge in [0.2, 0.25) is 0 Å². The standard InChI is InChI=1S/C9H10FNO3/c10-7-3-6(4-12)1-2-8(7)14-5-9(11)13/h1-3,12H,4-5H2,(H2,11,13). The fourth-order valence-electron chi connectivity index (χ4n) is 0.909. The Kier molecular flexibility index (Phi) is 3.41. The van der Waals surface area contributed by atoms with Crippen molar-refractivity contribution in [3.8, 4) is 5.75 Å². The molecule has 1 amide bonds. The van der Waals surface area contributed by atoms with E-state index in [-0.39, 0.29) is 19.0 Å². The molecule has 0 fully saturated rings. The van der Waals surface area contributed by atoms with E-state index in [1.165, 1.54) is 12.1 Å². The van der Waals surface area contributed by atoms with Gasteiger partial charge in [-0.15, -0.1) is 0 Å². The van der Waals surface area contributed by atoms with Crippen LogP contribution >= 0.6 is 0 Å². The number of ether oxygens (including phenoxy) is 1. The lowest BCUT2D eigenvalue weighted by Crippen LogP contribution is -2.20. The van der Waals surface area contributed by atoms with Gasteiger partial charge in [0.25, 0.3) is 5.91 Å². The van der Waals surface area contributed by atoms with Crippen LogP contribution in [0.3, 0.4) is 0 Å². The lowest BCUT2D eigenvalue weighted by molar-refractivity contribution is -0.120. The molecule has 0 spiro atoms. The number of amides is 1. The summed E-state index contributed by atoms with van der Waals surface area (Å²) in [7, 11) is 0. The first-order valence-electron chi connectivity index (χ1n) is 3.94. The Balaban J connectivity index is 2.73. The molecule has 1 aromatic rings. The molecule has 0 aliphatic heterocycles. The van der Waals surface area contributed by atoms with Crippen LogP contribution in [0.15, 0.2) is 18.2 Å². The van der Waals surface area contributed by atoms with Crippen LogP contribution in [0.4, 0.5) is 4.39 Å². The molecule has 0 saturated heterocycles. The number of hydrogen-bond acceptors (Lipinski definition) is 3. The number of carbonyl (C=O) groups is 1. The van der Waals surface area contributed by atoms with Gasteiger partial charge >= 0.3 is 0 Å². The number of benzene rings is 1. The zero-order chi connectivity index (χ0) is 10.6. The van der Waals surface area contributed by atoms with Crippen LogP contribution in [0.1, 0.15) is 5.56 Å². The average Bonchev–Trinajstić information content (AvgIpc) is 2.15. The SMILES string of the molecule is NC(=O)COc1ccc(CO)cc1F. The van der Waals surface area contributed by atoms with E-state index in [0.29, 0.717) is 5.56 Å². The highest BCUT2D eigenvalue weighted by atomic mass is 19.1. The van der Waals surface area contributed by atoms with Crippen LogP contribution in [-0.4, -0.2) is 17.6 Å². The van der Waals surface area contributed by atoms with Crippen molar-refractivity contribution >= 4 is 5.91 Å². The summed E-state index contributed by atoms with van der Waals surface area (Å²) in [6.07, 6.45) is 0. The van der Waals surface area contributed by atoms with Crippen molar-refractivity contribution in [3.63, 3.8) is 0 Å². The highest BCUT2D eigenvalue weighted by Crippen LogP contribution is 2.17. The zero-order valence-corrected chi connectivity index (χ0v) is 7.37. The molecule has 0 atom stereocenters. The largest absolute Gasteiger partial charge is 0.481 e.